The van der Waals surface area contributed by atoms with Gasteiger partial charge in [0.2, 0.25) is 0 Å². The fourth-order valence-electron chi connectivity index (χ4n) is 2.72. The van der Waals surface area contributed by atoms with Gasteiger partial charge in [0, 0.05) is 12.2 Å². The number of carbonyl (C=O) groups excluding carboxylic acids is 1. The fraction of sp³-hybridized carbons (Fsp3) is 0.333. The fourth-order valence-corrected chi connectivity index (χ4v) is 3.39. The SMILES string of the molecule is CCc1nnsc1C(=O)NCc1cccc(Cn2nc(C)cc2C)c1. The van der Waals surface area contributed by atoms with Crippen LogP contribution in [-0.2, 0) is 19.5 Å². The van der Waals surface area contributed by atoms with Crippen molar-refractivity contribution in [2.24, 2.45) is 0 Å². The van der Waals surface area contributed by atoms with E-state index in [9.17, 15) is 4.79 Å². The summed E-state index contributed by atoms with van der Waals surface area (Å²) >= 11 is 1.14. The van der Waals surface area contributed by atoms with E-state index in [1.54, 1.807) is 0 Å². The number of aryl methyl sites for hydroxylation is 3. The van der Waals surface area contributed by atoms with Crippen molar-refractivity contribution in [1.82, 2.24) is 24.7 Å². The molecule has 25 heavy (non-hydrogen) atoms. The van der Waals surface area contributed by atoms with Crippen LogP contribution >= 0.6 is 11.5 Å². The molecule has 3 aromatic rings. The first-order valence-corrected chi connectivity index (χ1v) is 9.02. The number of hydrogen-bond acceptors (Lipinski definition) is 5. The molecule has 2 heterocycles. The number of rotatable bonds is 6. The molecule has 0 fully saturated rings. The van der Waals surface area contributed by atoms with E-state index >= 15 is 0 Å². The molecule has 0 aliphatic carbocycles. The van der Waals surface area contributed by atoms with Crippen molar-refractivity contribution >= 4 is 17.4 Å². The van der Waals surface area contributed by atoms with Gasteiger partial charge in [-0.1, -0.05) is 35.7 Å². The number of amides is 1. The molecular weight excluding hydrogens is 334 g/mol. The van der Waals surface area contributed by atoms with Crippen molar-refractivity contribution in [3.8, 4) is 0 Å². The van der Waals surface area contributed by atoms with Gasteiger partial charge in [-0.2, -0.15) is 5.10 Å². The molecular formula is C18H21N5OS. The second-order valence-corrected chi connectivity index (χ2v) is 6.74. The third kappa shape index (κ3) is 4.11. The summed E-state index contributed by atoms with van der Waals surface area (Å²) < 4.78 is 5.85. The Bertz CT molecular complexity index is 883. The lowest BCUT2D eigenvalue weighted by molar-refractivity contribution is 0.0954. The van der Waals surface area contributed by atoms with Crippen LogP contribution in [0.5, 0.6) is 0 Å². The Kier molecular flexibility index (Phi) is 5.23. The van der Waals surface area contributed by atoms with E-state index in [2.05, 4.69) is 45.1 Å². The minimum absolute atomic E-state index is 0.115. The highest BCUT2D eigenvalue weighted by Crippen LogP contribution is 2.13. The average molecular weight is 355 g/mol. The molecule has 0 radical (unpaired) electrons. The van der Waals surface area contributed by atoms with Crippen molar-refractivity contribution < 1.29 is 4.79 Å². The van der Waals surface area contributed by atoms with E-state index in [1.807, 2.05) is 30.7 Å². The number of benzene rings is 1. The first kappa shape index (κ1) is 17.3. The topological polar surface area (TPSA) is 72.7 Å². The standard InChI is InChI=1S/C18H21N5OS/c1-4-16-17(25-22-20-16)18(24)19-10-14-6-5-7-15(9-14)11-23-13(3)8-12(2)21-23/h5-9H,4,10-11H2,1-3H3,(H,19,24). The number of nitrogens with zero attached hydrogens (tertiary/aromatic N) is 4. The van der Waals surface area contributed by atoms with Crippen LogP contribution in [0.15, 0.2) is 30.3 Å². The molecule has 7 heteroatoms. The number of nitrogens with one attached hydrogen (secondary N) is 1. The molecule has 0 aliphatic heterocycles. The van der Waals surface area contributed by atoms with E-state index in [1.165, 1.54) is 0 Å². The van der Waals surface area contributed by atoms with Crippen LogP contribution in [0, 0.1) is 13.8 Å². The number of aromatic nitrogens is 4. The quantitative estimate of drug-likeness (QED) is 0.738. The van der Waals surface area contributed by atoms with Crippen LogP contribution in [0.25, 0.3) is 0 Å². The number of carbonyl (C=O) groups is 1. The van der Waals surface area contributed by atoms with Crippen LogP contribution in [0.1, 0.15) is 44.8 Å². The van der Waals surface area contributed by atoms with Gasteiger partial charge in [0.1, 0.15) is 4.88 Å². The Hall–Kier alpha value is -2.54. The molecule has 0 bridgehead atoms. The predicted octanol–water partition coefficient (Wildman–Crippen LogP) is 2.89. The summed E-state index contributed by atoms with van der Waals surface area (Å²) in [4.78, 5) is 12.9. The maximum absolute atomic E-state index is 12.3. The lowest BCUT2D eigenvalue weighted by Crippen LogP contribution is -2.23. The van der Waals surface area contributed by atoms with Crippen LogP contribution in [0.4, 0.5) is 0 Å². The molecule has 1 N–H and O–H groups in total. The highest BCUT2D eigenvalue weighted by molar-refractivity contribution is 7.08. The van der Waals surface area contributed by atoms with Gasteiger partial charge in [0.25, 0.3) is 5.91 Å². The Morgan fingerprint density at radius 3 is 2.76 bits per heavy atom. The van der Waals surface area contributed by atoms with Crippen molar-refractivity contribution in [2.75, 3.05) is 0 Å². The van der Waals surface area contributed by atoms with E-state index in [-0.39, 0.29) is 5.91 Å². The molecule has 130 valence electrons. The second-order valence-electron chi connectivity index (χ2n) is 5.99. The molecule has 0 saturated carbocycles. The maximum Gasteiger partial charge on any atom is 0.265 e. The first-order chi connectivity index (χ1) is 12.1. The molecule has 1 amide bonds. The second kappa shape index (κ2) is 7.57. The minimum atomic E-state index is -0.115. The summed E-state index contributed by atoms with van der Waals surface area (Å²) in [7, 11) is 0. The molecule has 0 spiro atoms. The number of hydrogen-bond donors (Lipinski definition) is 1. The van der Waals surface area contributed by atoms with Gasteiger partial charge in [0.15, 0.2) is 0 Å². The first-order valence-electron chi connectivity index (χ1n) is 8.25. The molecule has 0 unspecified atom stereocenters. The summed E-state index contributed by atoms with van der Waals surface area (Å²) in [5, 5.41) is 11.4. The highest BCUT2D eigenvalue weighted by Gasteiger charge is 2.14. The van der Waals surface area contributed by atoms with Gasteiger partial charge in [-0.3, -0.25) is 9.48 Å². The predicted molar refractivity (Wildman–Crippen MR) is 97.7 cm³/mol. The van der Waals surface area contributed by atoms with Gasteiger partial charge in [-0.25, -0.2) is 0 Å². The van der Waals surface area contributed by atoms with Crippen molar-refractivity contribution in [1.29, 1.82) is 0 Å². The summed E-state index contributed by atoms with van der Waals surface area (Å²) in [6, 6.07) is 10.3. The third-order valence-electron chi connectivity index (χ3n) is 3.98. The van der Waals surface area contributed by atoms with Gasteiger partial charge in [-0.05, 0) is 49.0 Å². The van der Waals surface area contributed by atoms with Gasteiger partial charge >= 0.3 is 0 Å². The lowest BCUT2D eigenvalue weighted by Gasteiger charge is -2.08. The normalized spacial score (nSPS) is 10.8. The summed E-state index contributed by atoms with van der Waals surface area (Å²) in [6.07, 6.45) is 0.706. The highest BCUT2D eigenvalue weighted by atomic mass is 32.1. The molecule has 0 atom stereocenters. The van der Waals surface area contributed by atoms with Gasteiger partial charge in [0.05, 0.1) is 17.9 Å². The van der Waals surface area contributed by atoms with Crippen LogP contribution in [0.3, 0.4) is 0 Å². The summed E-state index contributed by atoms with van der Waals surface area (Å²) in [6.45, 7) is 7.22. The molecule has 3 rings (SSSR count). The van der Waals surface area contributed by atoms with Crippen molar-refractivity contribution in [3.63, 3.8) is 0 Å². The van der Waals surface area contributed by atoms with E-state index in [4.69, 9.17) is 0 Å². The molecule has 2 aromatic heterocycles. The zero-order valence-electron chi connectivity index (χ0n) is 14.6. The van der Waals surface area contributed by atoms with Gasteiger partial charge in [-0.15, -0.1) is 5.10 Å². The molecule has 0 aliphatic rings. The zero-order chi connectivity index (χ0) is 17.8. The maximum atomic E-state index is 12.3. The summed E-state index contributed by atoms with van der Waals surface area (Å²) in [5.74, 6) is -0.115. The van der Waals surface area contributed by atoms with E-state index in [0.29, 0.717) is 17.8 Å². The Balaban J connectivity index is 1.66. The van der Waals surface area contributed by atoms with E-state index < -0.39 is 0 Å². The van der Waals surface area contributed by atoms with Gasteiger partial charge < -0.3 is 5.32 Å². The van der Waals surface area contributed by atoms with Crippen LogP contribution in [-0.4, -0.2) is 25.3 Å². The van der Waals surface area contributed by atoms with Crippen molar-refractivity contribution in [2.45, 2.75) is 40.3 Å². The average Bonchev–Trinajstić information content (AvgIpc) is 3.19. The monoisotopic (exact) mass is 355 g/mol. The largest absolute Gasteiger partial charge is 0.347 e. The summed E-state index contributed by atoms with van der Waals surface area (Å²) in [5.41, 5.74) is 5.13. The van der Waals surface area contributed by atoms with Crippen molar-refractivity contribution in [3.05, 3.63) is 63.4 Å². The van der Waals surface area contributed by atoms with Crippen LogP contribution < -0.4 is 5.32 Å². The molecule has 6 nitrogen and oxygen atoms in total. The Morgan fingerprint density at radius 2 is 2.04 bits per heavy atom. The minimum Gasteiger partial charge on any atom is -0.347 e. The van der Waals surface area contributed by atoms with E-state index in [0.717, 1.165) is 46.3 Å². The lowest BCUT2D eigenvalue weighted by atomic mass is 10.1. The smallest absolute Gasteiger partial charge is 0.265 e. The van der Waals surface area contributed by atoms with Crippen LogP contribution in [0.2, 0.25) is 0 Å². The Morgan fingerprint density at radius 1 is 1.24 bits per heavy atom. The molecule has 1 aromatic carbocycles. The third-order valence-corrected chi connectivity index (χ3v) is 4.74. The molecule has 0 saturated heterocycles. The zero-order valence-corrected chi connectivity index (χ0v) is 15.4. The Labute approximate surface area is 151 Å².